The third-order valence-electron chi connectivity index (χ3n) is 4.23. The van der Waals surface area contributed by atoms with Gasteiger partial charge in [-0.1, -0.05) is 91.5 Å². The number of hydrogen-bond donors (Lipinski definition) is 0. The zero-order chi connectivity index (χ0) is 14.9. The van der Waals surface area contributed by atoms with E-state index in [9.17, 15) is 0 Å². The molecule has 0 aliphatic carbocycles. The molecule has 0 saturated heterocycles. The lowest BCUT2D eigenvalue weighted by Gasteiger charge is -2.12. The SMILES string of the molecule is C=C(c1ccccc1)c1cccc2c1ccc1ccccc12. The normalized spacial score (nSPS) is 10.9. The number of fused-ring (bicyclic) bond motifs is 3. The van der Waals surface area contributed by atoms with E-state index in [0.717, 1.165) is 5.57 Å². The van der Waals surface area contributed by atoms with Crippen LogP contribution in [0.2, 0.25) is 0 Å². The first-order valence-corrected chi connectivity index (χ1v) is 7.50. The number of rotatable bonds is 2. The summed E-state index contributed by atoms with van der Waals surface area (Å²) in [5.41, 5.74) is 3.44. The fourth-order valence-electron chi connectivity index (χ4n) is 3.10. The van der Waals surface area contributed by atoms with Crippen molar-refractivity contribution in [3.63, 3.8) is 0 Å². The highest BCUT2D eigenvalue weighted by molar-refractivity contribution is 6.11. The first-order valence-electron chi connectivity index (χ1n) is 7.50. The van der Waals surface area contributed by atoms with Crippen molar-refractivity contribution < 1.29 is 0 Å². The lowest BCUT2D eigenvalue weighted by Crippen LogP contribution is -1.88. The Bertz CT molecular complexity index is 978. The van der Waals surface area contributed by atoms with Gasteiger partial charge < -0.3 is 0 Å². The number of hydrogen-bond acceptors (Lipinski definition) is 0. The maximum Gasteiger partial charge on any atom is -0.00990 e. The van der Waals surface area contributed by atoms with Crippen LogP contribution in [0.25, 0.3) is 27.1 Å². The number of benzene rings is 4. The molecule has 0 nitrogen and oxygen atoms in total. The molecular formula is C22H16. The third-order valence-corrected chi connectivity index (χ3v) is 4.23. The molecule has 0 aromatic heterocycles. The minimum absolute atomic E-state index is 1.07. The molecule has 0 radical (unpaired) electrons. The molecule has 4 aromatic carbocycles. The molecule has 0 bridgehead atoms. The predicted molar refractivity (Wildman–Crippen MR) is 96.0 cm³/mol. The van der Waals surface area contributed by atoms with Crippen molar-refractivity contribution in [3.05, 3.63) is 103 Å². The van der Waals surface area contributed by atoms with Crippen LogP contribution in [0.1, 0.15) is 11.1 Å². The highest BCUT2D eigenvalue weighted by Crippen LogP contribution is 2.32. The summed E-state index contributed by atoms with van der Waals surface area (Å²) in [6.45, 7) is 4.33. The lowest BCUT2D eigenvalue weighted by molar-refractivity contribution is 1.59. The van der Waals surface area contributed by atoms with Gasteiger partial charge in [-0.15, -0.1) is 0 Å². The predicted octanol–water partition coefficient (Wildman–Crippen LogP) is 6.05. The summed E-state index contributed by atoms with van der Waals surface area (Å²) in [6.07, 6.45) is 0. The smallest absolute Gasteiger partial charge is 0.00990 e. The Hall–Kier alpha value is -2.86. The molecule has 4 aromatic rings. The van der Waals surface area contributed by atoms with E-state index >= 15 is 0 Å². The fraction of sp³-hybridized carbons (Fsp3) is 0. The molecule has 0 fully saturated rings. The van der Waals surface area contributed by atoms with Crippen LogP contribution in [0.4, 0.5) is 0 Å². The average molecular weight is 280 g/mol. The van der Waals surface area contributed by atoms with Crippen molar-refractivity contribution >= 4 is 27.1 Å². The molecule has 0 heteroatoms. The van der Waals surface area contributed by atoms with E-state index < -0.39 is 0 Å². The summed E-state index contributed by atoms with van der Waals surface area (Å²) < 4.78 is 0. The van der Waals surface area contributed by atoms with Gasteiger partial charge in [0.25, 0.3) is 0 Å². The second-order valence-corrected chi connectivity index (χ2v) is 5.53. The van der Waals surface area contributed by atoms with E-state index in [1.165, 1.54) is 32.7 Å². The van der Waals surface area contributed by atoms with Gasteiger partial charge in [-0.3, -0.25) is 0 Å². The summed E-state index contributed by atoms with van der Waals surface area (Å²) in [7, 11) is 0. The maximum atomic E-state index is 4.33. The monoisotopic (exact) mass is 280 g/mol. The molecule has 4 rings (SSSR count). The highest BCUT2D eigenvalue weighted by Gasteiger charge is 2.08. The van der Waals surface area contributed by atoms with Gasteiger partial charge in [0, 0.05) is 0 Å². The molecule has 0 aliphatic rings. The van der Waals surface area contributed by atoms with Crippen molar-refractivity contribution in [2.24, 2.45) is 0 Å². The van der Waals surface area contributed by atoms with Crippen molar-refractivity contribution in [1.29, 1.82) is 0 Å². The van der Waals surface area contributed by atoms with E-state index in [4.69, 9.17) is 0 Å². The maximum absolute atomic E-state index is 4.33. The fourth-order valence-corrected chi connectivity index (χ4v) is 3.10. The lowest BCUT2D eigenvalue weighted by atomic mass is 9.92. The second-order valence-electron chi connectivity index (χ2n) is 5.53. The topological polar surface area (TPSA) is 0 Å². The van der Waals surface area contributed by atoms with Crippen molar-refractivity contribution in [3.8, 4) is 0 Å². The average Bonchev–Trinajstić information content (AvgIpc) is 2.61. The van der Waals surface area contributed by atoms with Crippen LogP contribution < -0.4 is 0 Å². The van der Waals surface area contributed by atoms with E-state index in [0.29, 0.717) is 0 Å². The molecule has 0 spiro atoms. The Kier molecular flexibility index (Phi) is 3.01. The molecular weight excluding hydrogens is 264 g/mol. The molecule has 0 aliphatic heterocycles. The van der Waals surface area contributed by atoms with Crippen molar-refractivity contribution in [1.82, 2.24) is 0 Å². The minimum Gasteiger partial charge on any atom is -0.0905 e. The van der Waals surface area contributed by atoms with Crippen molar-refractivity contribution in [2.45, 2.75) is 0 Å². The first-order chi connectivity index (χ1) is 10.8. The third kappa shape index (κ3) is 2.01. The van der Waals surface area contributed by atoms with Gasteiger partial charge in [-0.2, -0.15) is 0 Å². The van der Waals surface area contributed by atoms with Crippen LogP contribution in [0.5, 0.6) is 0 Å². The molecule has 0 heterocycles. The van der Waals surface area contributed by atoms with Gasteiger partial charge in [0.1, 0.15) is 0 Å². The quantitative estimate of drug-likeness (QED) is 0.392. The van der Waals surface area contributed by atoms with E-state index in [2.05, 4.69) is 85.4 Å². The van der Waals surface area contributed by atoms with Gasteiger partial charge in [-0.25, -0.2) is 0 Å². The van der Waals surface area contributed by atoms with Gasteiger partial charge in [0.2, 0.25) is 0 Å². The Morgan fingerprint density at radius 1 is 0.545 bits per heavy atom. The Morgan fingerprint density at radius 3 is 2.14 bits per heavy atom. The van der Waals surface area contributed by atoms with Crippen molar-refractivity contribution in [2.75, 3.05) is 0 Å². The Labute approximate surface area is 130 Å². The molecule has 0 atom stereocenters. The van der Waals surface area contributed by atoms with Crippen LogP contribution in [0, 0.1) is 0 Å². The second kappa shape index (κ2) is 5.16. The minimum atomic E-state index is 1.07. The van der Waals surface area contributed by atoms with E-state index in [-0.39, 0.29) is 0 Å². The van der Waals surface area contributed by atoms with Crippen LogP contribution in [0.15, 0.2) is 91.5 Å². The molecule has 0 N–H and O–H groups in total. The molecule has 0 amide bonds. The summed E-state index contributed by atoms with van der Waals surface area (Å²) in [4.78, 5) is 0. The van der Waals surface area contributed by atoms with Gasteiger partial charge in [0.15, 0.2) is 0 Å². The summed E-state index contributed by atoms with van der Waals surface area (Å²) in [6, 6.07) is 29.8. The summed E-state index contributed by atoms with van der Waals surface area (Å²) in [5, 5.41) is 5.11. The van der Waals surface area contributed by atoms with Crippen LogP contribution in [0.3, 0.4) is 0 Å². The van der Waals surface area contributed by atoms with Crippen LogP contribution >= 0.6 is 0 Å². The van der Waals surface area contributed by atoms with E-state index in [1.807, 2.05) is 6.07 Å². The zero-order valence-corrected chi connectivity index (χ0v) is 12.3. The van der Waals surface area contributed by atoms with Crippen LogP contribution in [-0.4, -0.2) is 0 Å². The Balaban J connectivity index is 2.00. The van der Waals surface area contributed by atoms with Gasteiger partial charge >= 0.3 is 0 Å². The summed E-state index contributed by atoms with van der Waals surface area (Å²) in [5.74, 6) is 0. The molecule has 0 saturated carbocycles. The zero-order valence-electron chi connectivity index (χ0n) is 12.3. The van der Waals surface area contributed by atoms with Crippen LogP contribution in [-0.2, 0) is 0 Å². The first kappa shape index (κ1) is 12.8. The van der Waals surface area contributed by atoms with E-state index in [1.54, 1.807) is 0 Å². The highest BCUT2D eigenvalue weighted by atomic mass is 14.1. The molecule has 22 heavy (non-hydrogen) atoms. The standard InChI is InChI=1S/C22H16/c1-16(17-8-3-2-4-9-17)19-12-7-13-21-20-11-6-5-10-18(20)14-15-22(19)21/h2-15H,1H2. The van der Waals surface area contributed by atoms with Gasteiger partial charge in [0.05, 0.1) is 0 Å². The molecule has 0 unspecified atom stereocenters. The molecule has 104 valence electrons. The summed E-state index contributed by atoms with van der Waals surface area (Å²) >= 11 is 0. The van der Waals surface area contributed by atoms with Gasteiger partial charge in [-0.05, 0) is 38.2 Å². The Morgan fingerprint density at radius 2 is 1.27 bits per heavy atom. The largest absolute Gasteiger partial charge is 0.0905 e.